The van der Waals surface area contributed by atoms with Crippen molar-refractivity contribution in [1.29, 1.82) is 0 Å². The third-order valence-corrected chi connectivity index (χ3v) is 3.35. The van der Waals surface area contributed by atoms with Gasteiger partial charge in [-0.05, 0) is 44.0 Å². The Bertz CT molecular complexity index is 359. The average molecular weight is 402 g/mol. The standard InChI is InChI=1S/C9H8Br3NO2/c1-15-8(14)4-13-9-6(11)2-5(10)3-7(9)12/h2-3,13H,4H2,1H3. The summed E-state index contributed by atoms with van der Waals surface area (Å²) in [7, 11) is 1.36. The van der Waals surface area contributed by atoms with E-state index in [2.05, 4.69) is 57.8 Å². The van der Waals surface area contributed by atoms with Gasteiger partial charge in [0.25, 0.3) is 0 Å². The number of carbonyl (C=O) groups excluding carboxylic acids is 1. The first-order valence-corrected chi connectivity index (χ1v) is 6.37. The van der Waals surface area contributed by atoms with Crippen LogP contribution in [0.4, 0.5) is 5.69 Å². The maximum Gasteiger partial charge on any atom is 0.325 e. The number of ether oxygens (including phenoxy) is 1. The van der Waals surface area contributed by atoms with E-state index < -0.39 is 0 Å². The summed E-state index contributed by atoms with van der Waals surface area (Å²) >= 11 is 10.2. The highest BCUT2D eigenvalue weighted by atomic mass is 79.9. The zero-order chi connectivity index (χ0) is 11.4. The van der Waals surface area contributed by atoms with Crippen LogP contribution in [0, 0.1) is 0 Å². The van der Waals surface area contributed by atoms with Crippen molar-refractivity contribution in [1.82, 2.24) is 0 Å². The molecule has 0 spiro atoms. The van der Waals surface area contributed by atoms with Crippen LogP contribution in [-0.4, -0.2) is 19.6 Å². The van der Waals surface area contributed by atoms with Crippen LogP contribution in [0.25, 0.3) is 0 Å². The molecule has 0 atom stereocenters. The lowest BCUT2D eigenvalue weighted by Gasteiger charge is -2.10. The minimum Gasteiger partial charge on any atom is -0.468 e. The molecule has 0 heterocycles. The molecule has 0 fully saturated rings. The lowest BCUT2D eigenvalue weighted by molar-refractivity contribution is -0.138. The van der Waals surface area contributed by atoms with E-state index in [-0.39, 0.29) is 12.5 Å². The smallest absolute Gasteiger partial charge is 0.325 e. The first-order valence-electron chi connectivity index (χ1n) is 4.00. The normalized spacial score (nSPS) is 9.87. The van der Waals surface area contributed by atoms with E-state index in [9.17, 15) is 4.79 Å². The van der Waals surface area contributed by atoms with Crippen molar-refractivity contribution in [3.8, 4) is 0 Å². The predicted octanol–water partition coefficient (Wildman–Crippen LogP) is 3.56. The van der Waals surface area contributed by atoms with E-state index in [4.69, 9.17) is 0 Å². The fourth-order valence-electron chi connectivity index (χ4n) is 0.944. The highest BCUT2D eigenvalue weighted by molar-refractivity contribution is 9.11. The average Bonchev–Trinajstić information content (AvgIpc) is 2.15. The molecule has 0 unspecified atom stereocenters. The van der Waals surface area contributed by atoms with E-state index >= 15 is 0 Å². The molecule has 0 bridgehead atoms. The van der Waals surface area contributed by atoms with E-state index in [1.165, 1.54) is 7.11 Å². The second-order valence-electron chi connectivity index (χ2n) is 2.67. The number of benzene rings is 1. The summed E-state index contributed by atoms with van der Waals surface area (Å²) in [6.45, 7) is 0.134. The molecule has 1 N–H and O–H groups in total. The molecule has 82 valence electrons. The monoisotopic (exact) mass is 399 g/mol. The zero-order valence-corrected chi connectivity index (χ0v) is 12.6. The molecule has 0 amide bonds. The van der Waals surface area contributed by atoms with Crippen molar-refractivity contribution < 1.29 is 9.53 Å². The predicted molar refractivity (Wildman–Crippen MR) is 70.0 cm³/mol. The lowest BCUT2D eigenvalue weighted by Crippen LogP contribution is -2.15. The number of esters is 1. The number of methoxy groups -OCH3 is 1. The van der Waals surface area contributed by atoms with Crippen molar-refractivity contribution in [2.24, 2.45) is 0 Å². The van der Waals surface area contributed by atoms with Crippen molar-refractivity contribution in [2.45, 2.75) is 0 Å². The number of hydrogen-bond acceptors (Lipinski definition) is 3. The molecule has 15 heavy (non-hydrogen) atoms. The Balaban J connectivity index is 2.81. The molecule has 1 aromatic carbocycles. The SMILES string of the molecule is COC(=O)CNc1c(Br)cc(Br)cc1Br. The maximum absolute atomic E-state index is 11.0. The molecule has 1 aromatic rings. The molecule has 6 heteroatoms. The molecule has 3 nitrogen and oxygen atoms in total. The van der Waals surface area contributed by atoms with Crippen LogP contribution < -0.4 is 5.32 Å². The van der Waals surface area contributed by atoms with Gasteiger partial charge >= 0.3 is 5.97 Å². The molecule has 1 rings (SSSR count). The lowest BCUT2D eigenvalue weighted by atomic mass is 10.3. The number of halogens is 3. The third kappa shape index (κ3) is 3.77. The van der Waals surface area contributed by atoms with Crippen LogP contribution in [0.5, 0.6) is 0 Å². The molecule has 0 saturated carbocycles. The Morgan fingerprint density at radius 3 is 2.33 bits per heavy atom. The van der Waals surface area contributed by atoms with Gasteiger partial charge in [0.15, 0.2) is 0 Å². The summed E-state index contributed by atoms with van der Waals surface area (Å²) in [6.07, 6.45) is 0. The van der Waals surface area contributed by atoms with Gasteiger partial charge in [-0.1, -0.05) is 15.9 Å². The summed E-state index contributed by atoms with van der Waals surface area (Å²) < 4.78 is 7.22. The largest absolute Gasteiger partial charge is 0.468 e. The Labute approximate surface area is 113 Å². The van der Waals surface area contributed by atoms with Crippen LogP contribution in [0.1, 0.15) is 0 Å². The van der Waals surface area contributed by atoms with E-state index in [0.29, 0.717) is 0 Å². The number of hydrogen-bond donors (Lipinski definition) is 1. The van der Waals surface area contributed by atoms with Crippen molar-refractivity contribution in [2.75, 3.05) is 19.0 Å². The van der Waals surface area contributed by atoms with Gasteiger partial charge in [-0.3, -0.25) is 4.79 Å². The number of rotatable bonds is 3. The van der Waals surface area contributed by atoms with Gasteiger partial charge in [0.2, 0.25) is 0 Å². The van der Waals surface area contributed by atoms with E-state index in [1.54, 1.807) is 0 Å². The van der Waals surface area contributed by atoms with Gasteiger partial charge in [-0.25, -0.2) is 0 Å². The fourth-order valence-corrected chi connectivity index (χ4v) is 3.48. The second-order valence-corrected chi connectivity index (χ2v) is 5.30. The van der Waals surface area contributed by atoms with Crippen molar-refractivity contribution >= 4 is 59.4 Å². The topological polar surface area (TPSA) is 38.3 Å². The highest BCUT2D eigenvalue weighted by Gasteiger charge is 2.08. The maximum atomic E-state index is 11.0. The van der Waals surface area contributed by atoms with Gasteiger partial charge in [0.1, 0.15) is 6.54 Å². The van der Waals surface area contributed by atoms with Crippen LogP contribution in [-0.2, 0) is 9.53 Å². The van der Waals surface area contributed by atoms with Crippen molar-refractivity contribution in [3.63, 3.8) is 0 Å². The zero-order valence-electron chi connectivity index (χ0n) is 7.81. The number of nitrogens with one attached hydrogen (secondary N) is 1. The first-order chi connectivity index (χ1) is 7.04. The molecule has 0 aromatic heterocycles. The molecule has 0 aliphatic rings. The van der Waals surface area contributed by atoms with Crippen LogP contribution in [0.15, 0.2) is 25.6 Å². The van der Waals surface area contributed by atoms with Gasteiger partial charge in [0, 0.05) is 13.4 Å². The van der Waals surface area contributed by atoms with Crippen LogP contribution >= 0.6 is 47.8 Å². The molecule has 0 radical (unpaired) electrons. The van der Waals surface area contributed by atoms with Crippen molar-refractivity contribution in [3.05, 3.63) is 25.6 Å². The molecule has 0 aliphatic carbocycles. The van der Waals surface area contributed by atoms with Gasteiger partial charge < -0.3 is 10.1 Å². The summed E-state index contributed by atoms with van der Waals surface area (Å²) in [4.78, 5) is 11.0. The summed E-state index contributed by atoms with van der Waals surface area (Å²) in [5.41, 5.74) is 0.823. The Kier molecular flexibility index (Phi) is 5.08. The Hall–Kier alpha value is -0.0700. The van der Waals surface area contributed by atoms with E-state index in [1.807, 2.05) is 12.1 Å². The fraction of sp³-hybridized carbons (Fsp3) is 0.222. The summed E-state index contributed by atoms with van der Waals surface area (Å²) in [5, 5.41) is 2.97. The van der Waals surface area contributed by atoms with Gasteiger partial charge in [0.05, 0.1) is 12.8 Å². The van der Waals surface area contributed by atoms with E-state index in [0.717, 1.165) is 19.1 Å². The minimum absolute atomic E-state index is 0.134. The van der Waals surface area contributed by atoms with Crippen LogP contribution in [0.2, 0.25) is 0 Å². The third-order valence-electron chi connectivity index (χ3n) is 1.64. The van der Waals surface area contributed by atoms with Gasteiger partial charge in [-0.2, -0.15) is 0 Å². The second kappa shape index (κ2) is 5.86. The quantitative estimate of drug-likeness (QED) is 0.787. The molecular formula is C9H8Br3NO2. The highest BCUT2D eigenvalue weighted by Crippen LogP contribution is 2.34. The summed E-state index contributed by atoms with van der Waals surface area (Å²) in [5.74, 6) is -0.309. The van der Waals surface area contributed by atoms with Gasteiger partial charge in [-0.15, -0.1) is 0 Å². The summed E-state index contributed by atoms with van der Waals surface area (Å²) in [6, 6.07) is 3.79. The number of anilines is 1. The number of carbonyl (C=O) groups is 1. The molecule has 0 saturated heterocycles. The first kappa shape index (κ1) is 13.0. The Morgan fingerprint density at radius 2 is 1.87 bits per heavy atom. The molecular weight excluding hydrogens is 394 g/mol. The minimum atomic E-state index is -0.309. The molecule has 0 aliphatic heterocycles. The van der Waals surface area contributed by atoms with Crippen LogP contribution in [0.3, 0.4) is 0 Å². The Morgan fingerprint density at radius 1 is 1.33 bits per heavy atom.